The first-order valence-electron chi connectivity index (χ1n) is 18.9. The van der Waals surface area contributed by atoms with Crippen LogP contribution in [0.25, 0.3) is 33.4 Å². The number of benzene rings is 4. The molecule has 0 fully saturated rings. The van der Waals surface area contributed by atoms with Crippen molar-refractivity contribution in [2.75, 3.05) is 75.9 Å². The molecule has 0 radical (unpaired) electrons. The minimum atomic E-state index is -4.02. The van der Waals surface area contributed by atoms with E-state index in [1.165, 1.54) is 24.3 Å². The summed E-state index contributed by atoms with van der Waals surface area (Å²) >= 11 is 0.718. The number of anilines is 2. The quantitative estimate of drug-likeness (QED) is 0.0118. The van der Waals surface area contributed by atoms with Crippen LogP contribution in [0.2, 0.25) is 0 Å². The molecule has 20 heteroatoms. The summed E-state index contributed by atoms with van der Waals surface area (Å²) < 4.78 is 54.3. The van der Waals surface area contributed by atoms with Crippen molar-refractivity contribution < 1.29 is 46.8 Å². The summed E-state index contributed by atoms with van der Waals surface area (Å²) in [4.78, 5) is 23.4. The van der Waals surface area contributed by atoms with E-state index < -0.39 is 25.6 Å². The zero-order chi connectivity index (χ0) is 42.5. The van der Waals surface area contributed by atoms with Crippen LogP contribution < -0.4 is 24.9 Å². The van der Waals surface area contributed by atoms with Crippen molar-refractivity contribution in [2.45, 2.75) is 37.5 Å². The first kappa shape index (κ1) is 44.9. The molecule has 0 atom stereocenters. The van der Waals surface area contributed by atoms with Crippen LogP contribution in [0.3, 0.4) is 0 Å². The Labute approximate surface area is 345 Å². The third-order valence-corrected chi connectivity index (χ3v) is 11.6. The molecule has 3 aromatic carbocycles. The second kappa shape index (κ2) is 21.2. The fraction of sp³-hybridized carbons (Fsp3) is 0.359. The fourth-order valence-electron chi connectivity index (χ4n) is 6.57. The molecule has 18 nitrogen and oxygen atoms in total. The van der Waals surface area contributed by atoms with E-state index in [9.17, 15) is 28.6 Å². The summed E-state index contributed by atoms with van der Waals surface area (Å²) in [6.45, 7) is 12.3. The Kier molecular flexibility index (Phi) is 16.1. The first-order chi connectivity index (χ1) is 28.5. The van der Waals surface area contributed by atoms with E-state index in [0.29, 0.717) is 21.8 Å². The molecular weight excluding hydrogens is 809 g/mol. The summed E-state index contributed by atoms with van der Waals surface area (Å²) in [7, 11) is -4.02. The third-order valence-electron chi connectivity index (χ3n) is 9.50. The smallest absolute Gasteiger partial charge is 0.299 e. The van der Waals surface area contributed by atoms with Gasteiger partial charge in [0, 0.05) is 71.5 Å². The Morgan fingerprint density at radius 1 is 0.814 bits per heavy atom. The maximum Gasteiger partial charge on any atom is 0.299 e. The highest BCUT2D eigenvalue weighted by atomic mass is 32.2. The predicted octanol–water partition coefficient (Wildman–Crippen LogP) is 5.70. The number of nitro benzene ring substituents is 2. The van der Waals surface area contributed by atoms with Gasteiger partial charge in [0.25, 0.3) is 11.4 Å². The second-order valence-corrected chi connectivity index (χ2v) is 15.3. The van der Waals surface area contributed by atoms with Crippen LogP contribution in [0, 0.1) is 20.2 Å². The van der Waals surface area contributed by atoms with Crippen LogP contribution >= 0.6 is 12.0 Å². The molecule has 0 spiro atoms. The van der Waals surface area contributed by atoms with Crippen LogP contribution in [0.15, 0.2) is 87.0 Å². The van der Waals surface area contributed by atoms with Crippen molar-refractivity contribution in [3.05, 3.63) is 98.4 Å². The lowest BCUT2D eigenvalue weighted by atomic mass is 9.93. The van der Waals surface area contributed by atoms with Gasteiger partial charge in [-0.2, -0.15) is 0 Å². The molecule has 4 N–H and O–H groups in total. The van der Waals surface area contributed by atoms with Gasteiger partial charge < -0.3 is 24.1 Å². The number of fused-ring (bicyclic) bond motifs is 2. The van der Waals surface area contributed by atoms with Crippen molar-refractivity contribution in [2.24, 2.45) is 0 Å². The van der Waals surface area contributed by atoms with E-state index >= 15 is 0 Å². The van der Waals surface area contributed by atoms with E-state index in [1.54, 1.807) is 6.07 Å². The van der Waals surface area contributed by atoms with E-state index in [2.05, 4.69) is 52.2 Å². The predicted molar refractivity (Wildman–Crippen MR) is 225 cm³/mol. The molecule has 3 aromatic rings. The van der Waals surface area contributed by atoms with Crippen molar-refractivity contribution in [1.82, 2.24) is 9.30 Å². The van der Waals surface area contributed by atoms with Crippen molar-refractivity contribution in [3.8, 4) is 22.5 Å². The first-order valence-corrected chi connectivity index (χ1v) is 21.1. The van der Waals surface area contributed by atoms with Crippen LogP contribution in [-0.2, 0) is 28.9 Å². The van der Waals surface area contributed by atoms with E-state index in [1.807, 2.05) is 36.4 Å². The van der Waals surface area contributed by atoms with Crippen LogP contribution in [-0.4, -0.2) is 89.2 Å². The summed E-state index contributed by atoms with van der Waals surface area (Å²) in [5, 5.41) is 38.2. The molecule has 1 heterocycles. The fourth-order valence-corrected chi connectivity index (χ4v) is 8.23. The van der Waals surface area contributed by atoms with Gasteiger partial charge in [-0.05, 0) is 69.7 Å². The molecule has 0 saturated heterocycles. The zero-order valence-electron chi connectivity index (χ0n) is 33.1. The van der Waals surface area contributed by atoms with Gasteiger partial charge in [0.05, 0.1) is 70.4 Å². The van der Waals surface area contributed by atoms with Crippen molar-refractivity contribution in [3.63, 3.8) is 0 Å². The minimum Gasteiger partial charge on any atom is -0.456 e. The normalized spacial score (nSPS) is 11.6. The Hall–Kier alpha value is -5.19. The number of hydrogen-bond acceptors (Lipinski definition) is 14. The third kappa shape index (κ3) is 11.1. The van der Waals surface area contributed by atoms with Crippen LogP contribution in [0.5, 0.6) is 0 Å². The Morgan fingerprint density at radius 2 is 1.53 bits per heavy atom. The maximum atomic E-state index is 13.5. The van der Waals surface area contributed by atoms with Gasteiger partial charge in [-0.15, -0.1) is 0 Å². The molecule has 59 heavy (non-hydrogen) atoms. The molecule has 1 aliphatic heterocycles. The molecule has 1 aliphatic carbocycles. The number of nitro groups is 2. The second-order valence-electron chi connectivity index (χ2n) is 12.8. The molecule has 0 saturated carbocycles. The van der Waals surface area contributed by atoms with Gasteiger partial charge in [0.2, 0.25) is 15.4 Å². The number of hydrogen-bond donors (Lipinski definition) is 2. The number of nitrogens with zero attached hydrogens (tertiary/aromatic N) is 4. The van der Waals surface area contributed by atoms with Gasteiger partial charge in [0.1, 0.15) is 30.1 Å². The molecular formula is C39H48N6O12S2+2. The summed E-state index contributed by atoms with van der Waals surface area (Å²) in [6.07, 6.45) is 0. The van der Waals surface area contributed by atoms with Gasteiger partial charge in [-0.25, -0.2) is 23.0 Å². The van der Waals surface area contributed by atoms with Gasteiger partial charge in [-0.1, -0.05) is 10.4 Å². The van der Waals surface area contributed by atoms with Crippen molar-refractivity contribution in [1.29, 1.82) is 0 Å². The van der Waals surface area contributed by atoms with Crippen molar-refractivity contribution >= 4 is 55.8 Å². The molecule has 0 bridgehead atoms. The van der Waals surface area contributed by atoms with E-state index in [4.69, 9.17) is 23.5 Å². The maximum absolute atomic E-state index is 13.5. The molecule has 2 aliphatic rings. The lowest BCUT2D eigenvalue weighted by Gasteiger charge is -2.22. The number of nitrogens with one attached hydrogen (secondary N) is 2. The average molecular weight is 857 g/mol. The monoisotopic (exact) mass is 856 g/mol. The largest absolute Gasteiger partial charge is 0.456 e. The number of sulfonamides is 1. The number of rotatable bonds is 23. The standard InChI is InChI=1S/C39H46N6O12S2/c1-5-42(6-2)27-9-13-31-36(24-27)55-37-25-28(43(7-3)8-4)10-14-32(37)39(31)33-15-12-30(26-38(33)58-57-56-50)59(51,52)41-18-20-54-22-21-53-19-17-40-34-16-11-29(44(46)47)23-35(34)45(48)49/h9-16,23-26,40-41H,5-8,17-22H2,1-4H3/p+2. The molecule has 5 rings (SSSR count). The Morgan fingerprint density at radius 3 is 2.19 bits per heavy atom. The number of ether oxygens (including phenoxy) is 2. The topological polar surface area (TPSA) is 224 Å². The SMILES string of the molecule is CCN(CC)c1ccc2c(-c3ccc(S(=O)(=O)NCCOCCOCCNc4ccc([N+](=O)[O-])cc4[N+](=O)[O-])cc3SOO[OH2+])c3ccc(=[N+](CC)CC)cc-3oc2c1. The number of non-ortho nitro benzene ring substituents is 1. The molecule has 316 valence electrons. The molecule has 0 aromatic heterocycles. The highest BCUT2D eigenvalue weighted by molar-refractivity contribution is 7.94. The molecule has 0 unspecified atom stereocenters. The Bertz CT molecular complexity index is 2400. The average Bonchev–Trinajstić information content (AvgIpc) is 3.23. The van der Waals surface area contributed by atoms with Crippen LogP contribution in [0.4, 0.5) is 22.7 Å². The molecule has 0 amide bonds. The highest BCUT2D eigenvalue weighted by Gasteiger charge is 2.24. The minimum absolute atomic E-state index is 0.0382. The summed E-state index contributed by atoms with van der Waals surface area (Å²) in [5.74, 6) is 0.649. The van der Waals surface area contributed by atoms with E-state index in [-0.39, 0.29) is 55.8 Å². The Balaban J connectivity index is 1.28. The van der Waals surface area contributed by atoms with Gasteiger partial charge >= 0.3 is 0 Å². The highest BCUT2D eigenvalue weighted by Crippen LogP contribution is 2.45. The van der Waals surface area contributed by atoms with Gasteiger partial charge in [0.15, 0.2) is 0 Å². The van der Waals surface area contributed by atoms with E-state index in [0.717, 1.165) is 71.8 Å². The lowest BCUT2D eigenvalue weighted by molar-refractivity contribution is -0.432. The van der Waals surface area contributed by atoms with Gasteiger partial charge in [-0.3, -0.25) is 20.2 Å². The summed E-state index contributed by atoms with van der Waals surface area (Å²) in [6, 6.07) is 20.1. The van der Waals surface area contributed by atoms with Crippen LogP contribution in [0.1, 0.15) is 27.7 Å². The zero-order valence-corrected chi connectivity index (χ0v) is 34.7. The summed E-state index contributed by atoms with van der Waals surface area (Å²) in [5.41, 5.74) is 3.21. The lowest BCUT2D eigenvalue weighted by Crippen LogP contribution is -2.29.